The molecule has 24 heavy (non-hydrogen) atoms. The lowest BCUT2D eigenvalue weighted by atomic mass is 9.96. The molecule has 0 aliphatic rings. The Balaban J connectivity index is 2.04. The summed E-state index contributed by atoms with van der Waals surface area (Å²) in [4.78, 5) is 15.5. The van der Waals surface area contributed by atoms with E-state index >= 15 is 0 Å². The minimum Gasteiger partial charge on any atom is -0.393 e. The highest BCUT2D eigenvalue weighted by Gasteiger charge is 2.25. The summed E-state index contributed by atoms with van der Waals surface area (Å²) >= 11 is 1.48. The second-order valence-corrected chi connectivity index (χ2v) is 6.49. The molecule has 1 atom stereocenters. The van der Waals surface area contributed by atoms with E-state index in [4.69, 9.17) is 0 Å². The summed E-state index contributed by atoms with van der Waals surface area (Å²) in [7, 11) is 0. The Bertz CT molecular complexity index is 932. The van der Waals surface area contributed by atoms with Gasteiger partial charge in [-0.3, -0.25) is 9.89 Å². The zero-order valence-electron chi connectivity index (χ0n) is 13.3. The molecule has 2 heterocycles. The first-order chi connectivity index (χ1) is 11.5. The Morgan fingerprint density at radius 1 is 1.38 bits per heavy atom. The number of nitrogens with zero attached hydrogens (tertiary/aromatic N) is 1. The fourth-order valence-corrected chi connectivity index (χ4v) is 3.20. The lowest BCUT2D eigenvalue weighted by Gasteiger charge is -2.24. The van der Waals surface area contributed by atoms with Crippen molar-refractivity contribution in [3.8, 4) is 0 Å². The number of aromatic amines is 2. The molecule has 7 nitrogen and oxygen atoms in total. The number of fused-ring (bicyclic) bond motifs is 1. The van der Waals surface area contributed by atoms with Crippen LogP contribution in [0, 0.1) is 0 Å². The van der Waals surface area contributed by atoms with Gasteiger partial charge >= 0.3 is 0 Å². The van der Waals surface area contributed by atoms with Gasteiger partial charge in [-0.05, 0) is 37.4 Å². The van der Waals surface area contributed by atoms with Gasteiger partial charge in [-0.15, -0.1) is 11.8 Å². The maximum atomic E-state index is 12.0. The summed E-state index contributed by atoms with van der Waals surface area (Å²) in [6.07, 6.45) is 3.45. The highest BCUT2D eigenvalue weighted by molar-refractivity contribution is 7.98. The molecule has 126 valence electrons. The number of anilines is 2. The highest BCUT2D eigenvalue weighted by atomic mass is 32.2. The summed E-state index contributed by atoms with van der Waals surface area (Å²) in [6, 6.07) is 7.17. The fraction of sp³-hybridized carbons (Fsp3) is 0.250. The van der Waals surface area contributed by atoms with Gasteiger partial charge in [0.15, 0.2) is 5.82 Å². The number of hydrogen-bond donors (Lipinski definition) is 5. The monoisotopic (exact) mass is 346 g/mol. The Morgan fingerprint density at radius 3 is 2.88 bits per heavy atom. The molecule has 3 rings (SSSR count). The quantitative estimate of drug-likeness (QED) is 0.451. The number of hydrogen-bond acceptors (Lipinski definition) is 6. The van der Waals surface area contributed by atoms with Gasteiger partial charge in [-0.2, -0.15) is 5.10 Å². The Labute approximate surface area is 142 Å². The molecule has 0 saturated heterocycles. The third-order valence-electron chi connectivity index (χ3n) is 3.84. The average Bonchev–Trinajstić information content (AvgIpc) is 2.99. The zero-order valence-corrected chi connectivity index (χ0v) is 14.1. The van der Waals surface area contributed by atoms with E-state index in [1.54, 1.807) is 25.3 Å². The van der Waals surface area contributed by atoms with Gasteiger partial charge in [-0.25, -0.2) is 0 Å². The molecular weight excluding hydrogens is 328 g/mol. The highest BCUT2D eigenvalue weighted by Crippen LogP contribution is 2.33. The van der Waals surface area contributed by atoms with Crippen molar-refractivity contribution in [3.05, 3.63) is 46.4 Å². The summed E-state index contributed by atoms with van der Waals surface area (Å²) in [5, 5.41) is 30.3. The van der Waals surface area contributed by atoms with Crippen LogP contribution in [-0.4, -0.2) is 38.3 Å². The Kier molecular flexibility index (Phi) is 4.35. The van der Waals surface area contributed by atoms with Gasteiger partial charge in [-0.1, -0.05) is 0 Å². The van der Waals surface area contributed by atoms with Crippen molar-refractivity contribution in [2.45, 2.75) is 17.4 Å². The van der Waals surface area contributed by atoms with Crippen LogP contribution in [0.2, 0.25) is 0 Å². The topological polar surface area (TPSA) is 114 Å². The molecule has 1 aromatic carbocycles. The number of aliphatic hydroxyl groups is 2. The van der Waals surface area contributed by atoms with E-state index in [0.717, 1.165) is 4.90 Å². The van der Waals surface area contributed by atoms with Crippen LogP contribution in [0.5, 0.6) is 0 Å². The molecule has 0 saturated carbocycles. The molecule has 2 aromatic heterocycles. The van der Waals surface area contributed by atoms with Gasteiger partial charge in [0, 0.05) is 22.3 Å². The van der Waals surface area contributed by atoms with Crippen molar-refractivity contribution in [2.75, 3.05) is 18.2 Å². The van der Waals surface area contributed by atoms with Crippen LogP contribution in [0.3, 0.4) is 0 Å². The lowest BCUT2D eigenvalue weighted by molar-refractivity contribution is -0.00436. The van der Waals surface area contributed by atoms with Gasteiger partial charge < -0.3 is 20.5 Å². The van der Waals surface area contributed by atoms with Gasteiger partial charge in [0.05, 0.1) is 12.1 Å². The van der Waals surface area contributed by atoms with Crippen LogP contribution < -0.4 is 10.9 Å². The normalized spacial score (nSPS) is 13.8. The fourth-order valence-electron chi connectivity index (χ4n) is 2.50. The Morgan fingerprint density at radius 2 is 2.17 bits per heavy atom. The minimum absolute atomic E-state index is 0.243. The first kappa shape index (κ1) is 16.6. The van der Waals surface area contributed by atoms with Gasteiger partial charge in [0.25, 0.3) is 5.56 Å². The van der Waals surface area contributed by atoms with Crippen molar-refractivity contribution in [3.63, 3.8) is 0 Å². The second kappa shape index (κ2) is 6.31. The van der Waals surface area contributed by atoms with Gasteiger partial charge in [0.1, 0.15) is 11.0 Å². The van der Waals surface area contributed by atoms with E-state index in [0.29, 0.717) is 28.0 Å². The summed E-state index contributed by atoms with van der Waals surface area (Å²) in [6.45, 7) is 1.16. The smallest absolute Gasteiger partial charge is 0.261 e. The maximum Gasteiger partial charge on any atom is 0.261 e. The van der Waals surface area contributed by atoms with E-state index < -0.39 is 12.2 Å². The predicted molar refractivity (Wildman–Crippen MR) is 94.9 cm³/mol. The van der Waals surface area contributed by atoms with Crippen molar-refractivity contribution in [1.29, 1.82) is 0 Å². The molecule has 1 unspecified atom stereocenters. The number of rotatable bonds is 5. The largest absolute Gasteiger partial charge is 0.393 e. The molecule has 0 bridgehead atoms. The van der Waals surface area contributed by atoms with Crippen molar-refractivity contribution >= 4 is 34.2 Å². The maximum absolute atomic E-state index is 12.0. The number of aromatic nitrogens is 3. The molecule has 0 amide bonds. The summed E-state index contributed by atoms with van der Waals surface area (Å²) in [5.74, 6) is 0.401. The minimum atomic E-state index is -1.36. The van der Waals surface area contributed by atoms with Gasteiger partial charge in [0.2, 0.25) is 0 Å². The zero-order chi connectivity index (χ0) is 17.3. The van der Waals surface area contributed by atoms with Crippen molar-refractivity contribution in [2.24, 2.45) is 0 Å². The van der Waals surface area contributed by atoms with E-state index in [1.165, 1.54) is 11.8 Å². The molecule has 0 spiro atoms. The molecule has 5 N–H and O–H groups in total. The molecule has 8 heteroatoms. The third kappa shape index (κ3) is 2.91. The summed E-state index contributed by atoms with van der Waals surface area (Å²) in [5.41, 5.74) is 0.294. The standard InChI is InChI=1S/C16H18N4O3S/c1-16(23,8-21)10-7-9(3-4-12(10)24-2)18-14-13-11(19-20-14)5-6-17-15(13)22/h3-7,21,23H,8H2,1-2H3,(H,17,22)(H2,18,19,20). The van der Waals surface area contributed by atoms with E-state index in [2.05, 4.69) is 20.5 Å². The number of aliphatic hydroxyl groups excluding tert-OH is 1. The van der Waals surface area contributed by atoms with Crippen molar-refractivity contribution < 1.29 is 10.2 Å². The molecule has 0 aliphatic heterocycles. The van der Waals surface area contributed by atoms with Crippen LogP contribution in [0.15, 0.2) is 40.2 Å². The van der Waals surface area contributed by atoms with Crippen LogP contribution in [-0.2, 0) is 5.60 Å². The van der Waals surface area contributed by atoms with E-state index in [9.17, 15) is 15.0 Å². The van der Waals surface area contributed by atoms with E-state index in [-0.39, 0.29) is 5.56 Å². The van der Waals surface area contributed by atoms with Crippen LogP contribution in [0.25, 0.3) is 10.9 Å². The second-order valence-electron chi connectivity index (χ2n) is 5.64. The number of pyridine rings is 1. The third-order valence-corrected chi connectivity index (χ3v) is 4.63. The van der Waals surface area contributed by atoms with Crippen LogP contribution in [0.1, 0.15) is 12.5 Å². The predicted octanol–water partition coefficient (Wildman–Crippen LogP) is 1.92. The first-order valence-corrected chi connectivity index (χ1v) is 8.53. The number of H-pyrrole nitrogens is 2. The number of nitrogens with one attached hydrogen (secondary N) is 3. The summed E-state index contributed by atoms with van der Waals surface area (Å²) < 4.78 is 0. The molecule has 0 fully saturated rings. The number of benzene rings is 1. The van der Waals surface area contributed by atoms with Crippen molar-refractivity contribution in [1.82, 2.24) is 15.2 Å². The average molecular weight is 346 g/mol. The van der Waals surface area contributed by atoms with Crippen LogP contribution >= 0.6 is 11.8 Å². The Hall–Kier alpha value is -2.29. The first-order valence-electron chi connectivity index (χ1n) is 7.31. The van der Waals surface area contributed by atoms with Crippen LogP contribution in [0.4, 0.5) is 11.5 Å². The molecule has 0 aliphatic carbocycles. The SMILES string of the molecule is CSc1ccc(Nc2n[nH]c3cc[nH]c(=O)c23)cc1C(C)(O)CO. The molecule has 3 aromatic rings. The lowest BCUT2D eigenvalue weighted by Crippen LogP contribution is -2.26. The molecular formula is C16H18N4O3S. The molecule has 0 radical (unpaired) electrons. The van der Waals surface area contributed by atoms with E-state index in [1.807, 2.05) is 18.4 Å². The number of thioether (sulfide) groups is 1.